The summed E-state index contributed by atoms with van der Waals surface area (Å²) in [5.74, 6) is -4.06. The van der Waals surface area contributed by atoms with Crippen LogP contribution in [-0.4, -0.2) is 78.2 Å². The summed E-state index contributed by atoms with van der Waals surface area (Å²) < 4.78 is 38.4. The molecular weight excluding hydrogens is 578 g/mol. The Morgan fingerprint density at radius 1 is 1.16 bits per heavy atom. The Morgan fingerprint density at radius 2 is 1.86 bits per heavy atom. The van der Waals surface area contributed by atoms with Gasteiger partial charge in [-0.05, 0) is 50.1 Å². The third kappa shape index (κ3) is 6.86. The van der Waals surface area contributed by atoms with Gasteiger partial charge in [0.15, 0.2) is 12.4 Å². The third-order valence-electron chi connectivity index (χ3n) is 7.33. The lowest BCUT2D eigenvalue weighted by molar-refractivity contribution is -0.142. The van der Waals surface area contributed by atoms with Gasteiger partial charge in [-0.15, -0.1) is 6.42 Å². The minimum absolute atomic E-state index is 0.149. The molecule has 4 rings (SSSR count). The molecule has 3 aromatic rings. The minimum Gasteiger partial charge on any atom is -0.496 e. The van der Waals surface area contributed by atoms with Crippen LogP contribution in [0.3, 0.4) is 0 Å². The van der Waals surface area contributed by atoms with Crippen LogP contribution in [0.5, 0.6) is 5.75 Å². The van der Waals surface area contributed by atoms with Crippen molar-refractivity contribution >= 4 is 40.4 Å². The van der Waals surface area contributed by atoms with E-state index in [2.05, 4.69) is 21.5 Å². The van der Waals surface area contributed by atoms with Crippen molar-refractivity contribution in [3.05, 3.63) is 65.4 Å². The number of aromatic nitrogens is 1. The van der Waals surface area contributed by atoms with E-state index >= 15 is 0 Å². The highest BCUT2D eigenvalue weighted by Crippen LogP contribution is 2.26. The summed E-state index contributed by atoms with van der Waals surface area (Å²) in [5, 5.41) is 5.81. The Hall–Kier alpha value is -5.25. The number of H-pyrrole nitrogens is 1. The van der Waals surface area contributed by atoms with Gasteiger partial charge in [0.25, 0.3) is 5.91 Å². The number of ether oxygens (including phenoxy) is 2. The molecule has 230 valence electrons. The Balaban J connectivity index is 1.53. The highest BCUT2D eigenvalue weighted by atomic mass is 19.1. The molecule has 1 saturated heterocycles. The standard InChI is InChI=1S/C31H30F2N4O7/c1-4-17(2)37(27(39)15-35-30(41)23-14-19-22(36-23)9-6-10-26(19)43-3)24(13-18-11-12-34-29(18)40)25(38)16-44-31(42)28-20(32)7-5-8-21(28)33/h1,5-10,14,17-18,24,36H,11-13,15-16H2,2-3H3,(H,34,40)(H,35,41)/t17?,18-,24-/m0/s1. The summed E-state index contributed by atoms with van der Waals surface area (Å²) >= 11 is 0. The number of ketones is 1. The van der Waals surface area contributed by atoms with Crippen LogP contribution in [0, 0.1) is 29.9 Å². The normalized spacial score (nSPS) is 15.5. The summed E-state index contributed by atoms with van der Waals surface area (Å²) in [6, 6.07) is 7.21. The van der Waals surface area contributed by atoms with Gasteiger partial charge in [0.1, 0.15) is 28.6 Å². The predicted molar refractivity (Wildman–Crippen MR) is 153 cm³/mol. The van der Waals surface area contributed by atoms with Crippen LogP contribution >= 0.6 is 0 Å². The maximum Gasteiger partial charge on any atom is 0.344 e. The monoisotopic (exact) mass is 608 g/mol. The first-order chi connectivity index (χ1) is 21.0. The SMILES string of the molecule is C#CC(C)N(C(=O)CNC(=O)c1cc2c(OC)cccc2[nH]1)[C@@H](C[C@@H]1CCNC1=O)C(=O)COC(=O)c1c(F)cccc1F. The number of Topliss-reactive ketones (excluding diaryl/α,β-unsaturated/α-hetero) is 1. The van der Waals surface area contributed by atoms with Gasteiger partial charge >= 0.3 is 5.97 Å². The fourth-order valence-corrected chi connectivity index (χ4v) is 5.05. The van der Waals surface area contributed by atoms with E-state index in [0.717, 1.165) is 23.1 Å². The average Bonchev–Trinajstić information content (AvgIpc) is 3.63. The van der Waals surface area contributed by atoms with Crippen molar-refractivity contribution in [1.29, 1.82) is 0 Å². The van der Waals surface area contributed by atoms with Crippen molar-refractivity contribution in [3.8, 4) is 18.1 Å². The second kappa shape index (κ2) is 13.8. The van der Waals surface area contributed by atoms with E-state index in [9.17, 15) is 32.8 Å². The molecular formula is C31H30F2N4O7. The van der Waals surface area contributed by atoms with E-state index in [4.69, 9.17) is 15.9 Å². The van der Waals surface area contributed by atoms with E-state index in [0.29, 0.717) is 29.6 Å². The number of nitrogens with one attached hydrogen (secondary N) is 3. The maximum atomic E-state index is 14.1. The zero-order valence-electron chi connectivity index (χ0n) is 23.9. The number of terminal acetylenes is 1. The van der Waals surface area contributed by atoms with Gasteiger partial charge in [0, 0.05) is 23.4 Å². The van der Waals surface area contributed by atoms with Crippen LogP contribution in [0.4, 0.5) is 8.78 Å². The number of hydrogen-bond donors (Lipinski definition) is 3. The molecule has 0 radical (unpaired) electrons. The van der Waals surface area contributed by atoms with E-state index < -0.39 is 71.9 Å². The third-order valence-corrected chi connectivity index (χ3v) is 7.33. The van der Waals surface area contributed by atoms with Crippen molar-refractivity contribution in [2.75, 3.05) is 26.8 Å². The van der Waals surface area contributed by atoms with Crippen LogP contribution in [-0.2, 0) is 19.1 Å². The van der Waals surface area contributed by atoms with Crippen LogP contribution in [0.15, 0.2) is 42.5 Å². The number of nitrogens with zero attached hydrogens (tertiary/aromatic N) is 1. The number of esters is 1. The molecule has 0 aliphatic carbocycles. The Morgan fingerprint density at radius 3 is 2.50 bits per heavy atom. The number of halogens is 2. The number of carbonyl (C=O) groups excluding carboxylic acids is 5. The molecule has 3 amide bonds. The fraction of sp³-hybridized carbons (Fsp3) is 0.323. The van der Waals surface area contributed by atoms with Gasteiger partial charge in [-0.3, -0.25) is 19.2 Å². The number of hydrogen-bond acceptors (Lipinski definition) is 7. The molecule has 3 atom stereocenters. The van der Waals surface area contributed by atoms with E-state index in [-0.39, 0.29) is 18.0 Å². The fourth-order valence-electron chi connectivity index (χ4n) is 5.05. The number of amides is 3. The highest BCUT2D eigenvalue weighted by Gasteiger charge is 2.38. The minimum atomic E-state index is -1.42. The predicted octanol–water partition coefficient (Wildman–Crippen LogP) is 2.36. The number of rotatable bonds is 12. The van der Waals surface area contributed by atoms with E-state index in [1.165, 1.54) is 14.0 Å². The Kier molecular flexibility index (Phi) is 9.95. The largest absolute Gasteiger partial charge is 0.496 e. The quantitative estimate of drug-likeness (QED) is 0.211. The number of aromatic amines is 1. The zero-order chi connectivity index (χ0) is 32.0. The van der Waals surface area contributed by atoms with Gasteiger partial charge in [-0.2, -0.15) is 0 Å². The van der Waals surface area contributed by atoms with Gasteiger partial charge in [-0.25, -0.2) is 13.6 Å². The van der Waals surface area contributed by atoms with Crippen LogP contribution in [0.25, 0.3) is 10.9 Å². The van der Waals surface area contributed by atoms with Gasteiger partial charge in [0.05, 0.1) is 25.7 Å². The van der Waals surface area contributed by atoms with Crippen molar-refractivity contribution in [1.82, 2.24) is 20.5 Å². The van der Waals surface area contributed by atoms with Crippen LogP contribution in [0.2, 0.25) is 0 Å². The van der Waals surface area contributed by atoms with Crippen molar-refractivity contribution in [2.24, 2.45) is 5.92 Å². The van der Waals surface area contributed by atoms with E-state index in [1.54, 1.807) is 24.3 Å². The number of methoxy groups -OCH3 is 1. The van der Waals surface area contributed by atoms with Crippen molar-refractivity contribution in [3.63, 3.8) is 0 Å². The Bertz CT molecular complexity index is 1630. The summed E-state index contributed by atoms with van der Waals surface area (Å²) in [5.41, 5.74) is -0.195. The summed E-state index contributed by atoms with van der Waals surface area (Å²) in [4.78, 5) is 68.7. The van der Waals surface area contributed by atoms with Gasteiger partial charge < -0.3 is 30.0 Å². The molecule has 2 aromatic carbocycles. The molecule has 3 N–H and O–H groups in total. The Labute approximate surface area is 251 Å². The van der Waals surface area contributed by atoms with Crippen LogP contribution < -0.4 is 15.4 Å². The van der Waals surface area contributed by atoms with Crippen LogP contribution in [0.1, 0.15) is 40.6 Å². The molecule has 2 heterocycles. The molecule has 1 aromatic heterocycles. The first-order valence-corrected chi connectivity index (χ1v) is 13.7. The first kappa shape index (κ1) is 31.7. The molecule has 0 bridgehead atoms. The van der Waals surface area contributed by atoms with E-state index in [1.807, 2.05) is 0 Å². The van der Waals surface area contributed by atoms with Crippen molar-refractivity contribution < 1.29 is 42.2 Å². The molecule has 0 saturated carbocycles. The lowest BCUT2D eigenvalue weighted by Crippen LogP contribution is -2.54. The molecule has 1 unspecified atom stereocenters. The number of carbonyl (C=O) groups is 5. The maximum absolute atomic E-state index is 14.1. The lowest BCUT2D eigenvalue weighted by Gasteiger charge is -2.34. The molecule has 13 heteroatoms. The van der Waals surface area contributed by atoms with Crippen molar-refractivity contribution in [2.45, 2.75) is 31.8 Å². The van der Waals surface area contributed by atoms with Gasteiger partial charge in [-0.1, -0.05) is 18.1 Å². The second-order valence-corrected chi connectivity index (χ2v) is 10.1. The topological polar surface area (TPSA) is 147 Å². The van der Waals surface area contributed by atoms with Gasteiger partial charge in [0.2, 0.25) is 11.8 Å². The summed E-state index contributed by atoms with van der Waals surface area (Å²) in [7, 11) is 1.49. The molecule has 11 nitrogen and oxygen atoms in total. The first-order valence-electron chi connectivity index (χ1n) is 13.7. The lowest BCUT2D eigenvalue weighted by atomic mass is 9.93. The average molecular weight is 609 g/mol. The number of fused-ring (bicyclic) bond motifs is 1. The second-order valence-electron chi connectivity index (χ2n) is 10.1. The number of benzene rings is 2. The summed E-state index contributed by atoms with van der Waals surface area (Å²) in [6.07, 6.45) is 5.83. The molecule has 1 aliphatic rings. The molecule has 1 fully saturated rings. The highest BCUT2D eigenvalue weighted by molar-refractivity contribution is 6.01. The smallest absolute Gasteiger partial charge is 0.344 e. The molecule has 1 aliphatic heterocycles. The summed E-state index contributed by atoms with van der Waals surface area (Å²) in [6.45, 7) is 0.295. The molecule has 0 spiro atoms. The molecule has 44 heavy (non-hydrogen) atoms. The zero-order valence-corrected chi connectivity index (χ0v) is 23.9.